The molecule has 2 nitrogen and oxygen atoms in total. The Kier molecular flexibility index (Phi) is 2.73. The van der Waals surface area contributed by atoms with Crippen LogP contribution in [0.2, 0.25) is 0 Å². The van der Waals surface area contributed by atoms with Gasteiger partial charge in [-0.25, -0.2) is 0 Å². The van der Waals surface area contributed by atoms with Gasteiger partial charge in [0.25, 0.3) is 0 Å². The number of rotatable bonds is 1. The molecule has 1 aliphatic carbocycles. The highest BCUT2D eigenvalue weighted by atomic mass is 79.9. The summed E-state index contributed by atoms with van der Waals surface area (Å²) in [6.45, 7) is 0. The van der Waals surface area contributed by atoms with Gasteiger partial charge in [-0.1, -0.05) is 15.9 Å². The number of hydrogen-bond acceptors (Lipinski definition) is 2. The molecule has 4 heteroatoms. The first-order valence-corrected chi connectivity index (χ1v) is 4.32. The van der Waals surface area contributed by atoms with E-state index >= 15 is 0 Å². The maximum Gasteiger partial charge on any atom is 0.119 e. The minimum Gasteiger partial charge on any atom is -0.510 e. The number of nitrogens with one attached hydrogen (secondary N) is 1. The molecule has 1 atom stereocenters. The third-order valence-corrected chi connectivity index (χ3v) is 2.35. The maximum atomic E-state index is 9.29. The predicted molar refractivity (Wildman–Crippen MR) is 49.7 cm³/mol. The SMILES string of the molecule is N=CC1=C(O)C(Cl)CC(Br)=C1. The van der Waals surface area contributed by atoms with Crippen molar-refractivity contribution in [1.82, 2.24) is 0 Å². The van der Waals surface area contributed by atoms with Gasteiger partial charge in [0, 0.05) is 18.2 Å². The lowest BCUT2D eigenvalue weighted by molar-refractivity contribution is 0.387. The lowest BCUT2D eigenvalue weighted by Gasteiger charge is -2.15. The molecule has 0 saturated heterocycles. The van der Waals surface area contributed by atoms with Crippen LogP contribution in [0.1, 0.15) is 6.42 Å². The van der Waals surface area contributed by atoms with Gasteiger partial charge in [-0.2, -0.15) is 0 Å². The number of aliphatic hydroxyl groups excluding tert-OH is 1. The van der Waals surface area contributed by atoms with E-state index in [1.54, 1.807) is 6.08 Å². The first-order valence-electron chi connectivity index (χ1n) is 3.09. The van der Waals surface area contributed by atoms with Gasteiger partial charge in [0.1, 0.15) is 5.76 Å². The van der Waals surface area contributed by atoms with Crippen molar-refractivity contribution in [3.05, 3.63) is 21.9 Å². The highest BCUT2D eigenvalue weighted by Gasteiger charge is 2.18. The first-order chi connectivity index (χ1) is 5.15. The van der Waals surface area contributed by atoms with Gasteiger partial charge in [0.05, 0.1) is 5.38 Å². The van der Waals surface area contributed by atoms with Crippen molar-refractivity contribution >= 4 is 33.7 Å². The predicted octanol–water partition coefficient (Wildman–Crippen LogP) is 2.74. The Balaban J connectivity index is 3.01. The molecule has 0 saturated carbocycles. The van der Waals surface area contributed by atoms with Gasteiger partial charge in [-0.15, -0.1) is 11.6 Å². The van der Waals surface area contributed by atoms with E-state index in [0.717, 1.165) is 10.7 Å². The molecule has 11 heavy (non-hydrogen) atoms. The van der Waals surface area contributed by atoms with E-state index in [-0.39, 0.29) is 5.76 Å². The fraction of sp³-hybridized carbons (Fsp3) is 0.286. The second-order valence-electron chi connectivity index (χ2n) is 2.25. The van der Waals surface area contributed by atoms with Gasteiger partial charge in [-0.3, -0.25) is 0 Å². The van der Waals surface area contributed by atoms with E-state index in [1.165, 1.54) is 0 Å². The molecule has 0 amide bonds. The number of aliphatic hydroxyl groups is 1. The largest absolute Gasteiger partial charge is 0.510 e. The third-order valence-electron chi connectivity index (χ3n) is 1.43. The van der Waals surface area contributed by atoms with E-state index < -0.39 is 5.38 Å². The molecule has 0 aromatic heterocycles. The molecule has 0 heterocycles. The Morgan fingerprint density at radius 1 is 1.82 bits per heavy atom. The average molecular weight is 236 g/mol. The van der Waals surface area contributed by atoms with Gasteiger partial charge >= 0.3 is 0 Å². The Bertz CT molecular complexity index is 247. The van der Waals surface area contributed by atoms with Crippen LogP contribution in [0.15, 0.2) is 21.9 Å². The zero-order valence-electron chi connectivity index (χ0n) is 5.64. The summed E-state index contributed by atoms with van der Waals surface area (Å²) >= 11 is 9.02. The summed E-state index contributed by atoms with van der Waals surface area (Å²) in [6.07, 6.45) is 3.37. The standard InChI is InChI=1S/C7H7BrClNO/c8-5-1-4(3-10)7(11)6(9)2-5/h1,3,6,10-11H,2H2. The number of halogens is 2. The monoisotopic (exact) mass is 235 g/mol. The summed E-state index contributed by atoms with van der Waals surface area (Å²) in [6, 6.07) is 0. The lowest BCUT2D eigenvalue weighted by Crippen LogP contribution is -2.10. The molecule has 1 rings (SSSR count). The molecule has 0 bridgehead atoms. The summed E-state index contributed by atoms with van der Waals surface area (Å²) in [5.41, 5.74) is 0.475. The normalized spacial score (nSPS) is 24.9. The summed E-state index contributed by atoms with van der Waals surface area (Å²) in [4.78, 5) is 0. The highest BCUT2D eigenvalue weighted by molar-refractivity contribution is 9.11. The van der Waals surface area contributed by atoms with Crippen molar-refractivity contribution < 1.29 is 5.11 Å². The number of hydrogen-bond donors (Lipinski definition) is 2. The van der Waals surface area contributed by atoms with Crippen molar-refractivity contribution in [3.63, 3.8) is 0 Å². The smallest absolute Gasteiger partial charge is 0.119 e. The minimum atomic E-state index is -0.397. The molecule has 1 aliphatic rings. The zero-order valence-corrected chi connectivity index (χ0v) is 7.98. The van der Waals surface area contributed by atoms with Gasteiger partial charge < -0.3 is 10.5 Å². The van der Waals surface area contributed by atoms with Crippen LogP contribution in [0.4, 0.5) is 0 Å². The minimum absolute atomic E-state index is 0.0878. The summed E-state index contributed by atoms with van der Waals surface area (Å²) < 4.78 is 0.911. The van der Waals surface area contributed by atoms with Crippen molar-refractivity contribution in [2.45, 2.75) is 11.8 Å². The second-order valence-corrected chi connectivity index (χ2v) is 3.79. The van der Waals surface area contributed by atoms with Crippen molar-refractivity contribution in [1.29, 1.82) is 5.41 Å². The Hall–Kier alpha value is -0.280. The van der Waals surface area contributed by atoms with E-state index in [0.29, 0.717) is 12.0 Å². The van der Waals surface area contributed by atoms with Gasteiger partial charge in [0.2, 0.25) is 0 Å². The molecule has 0 aromatic carbocycles. The summed E-state index contributed by atoms with van der Waals surface area (Å²) in [5, 5.41) is 15.8. The van der Waals surface area contributed by atoms with E-state index in [9.17, 15) is 5.11 Å². The van der Waals surface area contributed by atoms with E-state index in [1.807, 2.05) is 0 Å². The maximum absolute atomic E-state index is 9.29. The summed E-state index contributed by atoms with van der Waals surface area (Å²) in [7, 11) is 0. The molecule has 0 aliphatic heterocycles. The Labute approximate surface area is 78.2 Å². The van der Waals surface area contributed by atoms with Crippen molar-refractivity contribution in [2.75, 3.05) is 0 Å². The summed E-state index contributed by atoms with van der Waals surface area (Å²) in [5.74, 6) is 0.0878. The average Bonchev–Trinajstić information content (AvgIpc) is 1.96. The zero-order chi connectivity index (χ0) is 8.43. The van der Waals surface area contributed by atoms with Crippen LogP contribution in [0.25, 0.3) is 0 Å². The molecule has 2 N–H and O–H groups in total. The van der Waals surface area contributed by atoms with Crippen LogP contribution >= 0.6 is 27.5 Å². The third kappa shape index (κ3) is 1.84. The van der Waals surface area contributed by atoms with Gasteiger partial charge in [0.15, 0.2) is 0 Å². The number of alkyl halides is 1. The molecule has 0 aromatic rings. The number of allylic oxidation sites excluding steroid dienone is 4. The fourth-order valence-electron chi connectivity index (χ4n) is 0.866. The Morgan fingerprint density at radius 2 is 2.45 bits per heavy atom. The molecular weight excluding hydrogens is 229 g/mol. The second kappa shape index (κ2) is 3.41. The Morgan fingerprint density at radius 3 is 3.00 bits per heavy atom. The van der Waals surface area contributed by atoms with Crippen molar-refractivity contribution in [3.8, 4) is 0 Å². The molecule has 60 valence electrons. The molecular formula is C7H7BrClNO. The van der Waals surface area contributed by atoms with Crippen molar-refractivity contribution in [2.24, 2.45) is 0 Å². The topological polar surface area (TPSA) is 44.1 Å². The molecule has 0 fully saturated rings. The van der Waals surface area contributed by atoms with E-state index in [4.69, 9.17) is 17.0 Å². The van der Waals surface area contributed by atoms with Crippen LogP contribution in [-0.4, -0.2) is 16.7 Å². The van der Waals surface area contributed by atoms with Crippen LogP contribution in [-0.2, 0) is 0 Å². The molecule has 0 radical (unpaired) electrons. The van der Waals surface area contributed by atoms with E-state index in [2.05, 4.69) is 15.9 Å². The first kappa shape index (κ1) is 8.81. The van der Waals surface area contributed by atoms with Crippen LogP contribution < -0.4 is 0 Å². The highest BCUT2D eigenvalue weighted by Crippen LogP contribution is 2.28. The van der Waals surface area contributed by atoms with Crippen LogP contribution in [0.5, 0.6) is 0 Å². The molecule has 0 spiro atoms. The fourth-order valence-corrected chi connectivity index (χ4v) is 1.91. The quantitative estimate of drug-likeness (QED) is 0.534. The van der Waals surface area contributed by atoms with Crippen LogP contribution in [0, 0.1) is 5.41 Å². The van der Waals surface area contributed by atoms with Gasteiger partial charge in [-0.05, 0) is 10.6 Å². The lowest BCUT2D eigenvalue weighted by atomic mass is 10.1. The molecule has 1 unspecified atom stereocenters. The van der Waals surface area contributed by atoms with Crippen LogP contribution in [0.3, 0.4) is 0 Å².